The van der Waals surface area contributed by atoms with E-state index in [2.05, 4.69) is 50.3 Å². The molecule has 1 saturated heterocycles. The molecule has 0 aromatic heterocycles. The molecule has 1 nitrogen and oxygen atoms in total. The molecule has 0 aliphatic carbocycles. The Morgan fingerprint density at radius 2 is 1.95 bits per heavy atom. The van der Waals surface area contributed by atoms with Crippen molar-refractivity contribution >= 4 is 8.07 Å². The van der Waals surface area contributed by atoms with Gasteiger partial charge in [0.1, 0.15) is 0 Å². The van der Waals surface area contributed by atoms with Gasteiger partial charge in [-0.1, -0.05) is 68.8 Å². The molecule has 0 saturated carbocycles. The van der Waals surface area contributed by atoms with Crippen LogP contribution < -0.4 is 0 Å². The van der Waals surface area contributed by atoms with E-state index in [0.29, 0.717) is 6.10 Å². The third-order valence-electron chi connectivity index (χ3n) is 4.56. The van der Waals surface area contributed by atoms with E-state index in [4.69, 9.17) is 4.74 Å². The fourth-order valence-corrected chi connectivity index (χ4v) is 7.20. The molecular formula is C17H28OSi. The minimum atomic E-state index is -1.25. The highest BCUT2D eigenvalue weighted by Crippen LogP contribution is 2.39. The molecule has 1 aromatic carbocycles. The van der Waals surface area contributed by atoms with Gasteiger partial charge in [0.05, 0.1) is 14.2 Å². The highest BCUT2D eigenvalue weighted by atomic mass is 28.3. The summed E-state index contributed by atoms with van der Waals surface area (Å²) in [7, 11) is -1.25. The molecule has 2 heteroatoms. The number of benzene rings is 1. The Bertz CT molecular complexity index is 374. The molecule has 1 aliphatic rings. The summed E-state index contributed by atoms with van der Waals surface area (Å²) in [5.74, 6) is 0. The lowest BCUT2D eigenvalue weighted by molar-refractivity contribution is 0.101. The van der Waals surface area contributed by atoms with Crippen molar-refractivity contribution in [3.63, 3.8) is 0 Å². The number of rotatable bonds is 6. The van der Waals surface area contributed by atoms with Crippen LogP contribution in [0.4, 0.5) is 0 Å². The first-order chi connectivity index (χ1) is 9.13. The zero-order chi connectivity index (χ0) is 13.7. The predicted octanol–water partition coefficient (Wildman–Crippen LogP) is 4.83. The summed E-state index contributed by atoms with van der Waals surface area (Å²) in [5, 5.41) is 0. The summed E-state index contributed by atoms with van der Waals surface area (Å²) in [6.07, 6.45) is 5.71. The van der Waals surface area contributed by atoms with E-state index in [1.54, 1.807) is 0 Å². The molecule has 0 N–H and O–H groups in total. The van der Waals surface area contributed by atoms with Gasteiger partial charge >= 0.3 is 0 Å². The van der Waals surface area contributed by atoms with E-state index in [1.165, 1.54) is 37.3 Å². The molecule has 0 bridgehead atoms. The predicted molar refractivity (Wildman–Crippen MR) is 85.3 cm³/mol. The largest absolute Gasteiger partial charge is 0.378 e. The van der Waals surface area contributed by atoms with Crippen LogP contribution in [0.3, 0.4) is 0 Å². The lowest BCUT2D eigenvalue weighted by Crippen LogP contribution is -2.39. The molecule has 0 spiro atoms. The third-order valence-corrected chi connectivity index (χ3v) is 8.55. The zero-order valence-electron chi connectivity index (χ0n) is 12.7. The van der Waals surface area contributed by atoms with Gasteiger partial charge in [0.2, 0.25) is 0 Å². The highest BCUT2D eigenvalue weighted by molar-refractivity contribution is 6.78. The van der Waals surface area contributed by atoms with E-state index in [-0.39, 0.29) is 0 Å². The number of hydrogen-bond donors (Lipinski definition) is 0. The van der Waals surface area contributed by atoms with E-state index >= 15 is 0 Å². The summed E-state index contributed by atoms with van der Waals surface area (Å²) in [4.78, 5) is 0. The maximum absolute atomic E-state index is 6.03. The Hall–Kier alpha value is -0.603. The Morgan fingerprint density at radius 1 is 1.21 bits per heavy atom. The van der Waals surface area contributed by atoms with Crippen LogP contribution in [-0.4, -0.2) is 20.8 Å². The van der Waals surface area contributed by atoms with Gasteiger partial charge in [0.25, 0.3) is 0 Å². The average Bonchev–Trinajstić information content (AvgIpc) is 2.86. The minimum Gasteiger partial charge on any atom is -0.378 e. The third kappa shape index (κ3) is 3.93. The SMILES string of the molecule is CCCC[C@@H]1OCC[C@@H]1[Si](C)(C)Cc1ccccc1. The Balaban J connectivity index is 2.01. The van der Waals surface area contributed by atoms with Crippen LogP contribution in [0.15, 0.2) is 30.3 Å². The van der Waals surface area contributed by atoms with Crippen LogP contribution >= 0.6 is 0 Å². The summed E-state index contributed by atoms with van der Waals surface area (Å²) < 4.78 is 6.03. The maximum Gasteiger partial charge on any atom is 0.0580 e. The van der Waals surface area contributed by atoms with Crippen LogP contribution in [0.2, 0.25) is 18.6 Å². The number of ether oxygens (including phenoxy) is 1. The Morgan fingerprint density at radius 3 is 2.63 bits per heavy atom. The van der Waals surface area contributed by atoms with E-state index in [0.717, 1.165) is 12.1 Å². The number of hydrogen-bond acceptors (Lipinski definition) is 1. The summed E-state index contributed by atoms with van der Waals surface area (Å²) in [5.41, 5.74) is 2.36. The van der Waals surface area contributed by atoms with Gasteiger partial charge in [-0.2, -0.15) is 0 Å². The van der Waals surface area contributed by atoms with Crippen LogP contribution in [0, 0.1) is 0 Å². The second kappa shape index (κ2) is 6.71. The fraction of sp³-hybridized carbons (Fsp3) is 0.647. The summed E-state index contributed by atoms with van der Waals surface area (Å²) in [6.45, 7) is 8.37. The van der Waals surface area contributed by atoms with E-state index < -0.39 is 8.07 Å². The van der Waals surface area contributed by atoms with Crippen LogP contribution in [0.1, 0.15) is 38.2 Å². The van der Waals surface area contributed by atoms with Gasteiger partial charge in [-0.3, -0.25) is 0 Å². The van der Waals surface area contributed by atoms with Crippen molar-refractivity contribution in [2.24, 2.45) is 0 Å². The minimum absolute atomic E-state index is 0.547. The lowest BCUT2D eigenvalue weighted by Gasteiger charge is -2.33. The topological polar surface area (TPSA) is 9.23 Å². The monoisotopic (exact) mass is 276 g/mol. The summed E-state index contributed by atoms with van der Waals surface area (Å²) in [6, 6.07) is 12.3. The lowest BCUT2D eigenvalue weighted by atomic mass is 10.1. The van der Waals surface area contributed by atoms with E-state index in [9.17, 15) is 0 Å². The van der Waals surface area contributed by atoms with Crippen LogP contribution in [0.25, 0.3) is 0 Å². The van der Waals surface area contributed by atoms with Crippen molar-refractivity contribution in [1.29, 1.82) is 0 Å². The van der Waals surface area contributed by atoms with E-state index in [1.807, 2.05) is 0 Å². The molecule has 1 fully saturated rings. The first-order valence-electron chi connectivity index (χ1n) is 7.79. The Kier molecular flexibility index (Phi) is 5.23. The van der Waals surface area contributed by atoms with Gasteiger partial charge < -0.3 is 4.74 Å². The molecule has 1 heterocycles. The quantitative estimate of drug-likeness (QED) is 0.676. The molecular weight excluding hydrogens is 248 g/mol. The van der Waals surface area contributed by atoms with Gasteiger partial charge in [0.15, 0.2) is 0 Å². The second-order valence-electron chi connectivity index (χ2n) is 6.60. The van der Waals surface area contributed by atoms with Gasteiger partial charge in [0, 0.05) is 6.61 Å². The molecule has 0 radical (unpaired) electrons. The van der Waals surface area contributed by atoms with Crippen LogP contribution in [0.5, 0.6) is 0 Å². The molecule has 106 valence electrons. The Labute approximate surface area is 119 Å². The van der Waals surface area contributed by atoms with Gasteiger partial charge in [-0.05, 0) is 24.4 Å². The molecule has 19 heavy (non-hydrogen) atoms. The van der Waals surface area contributed by atoms with Gasteiger partial charge in [-0.25, -0.2) is 0 Å². The fourth-order valence-electron chi connectivity index (χ4n) is 3.49. The molecule has 1 aromatic rings. The molecule has 0 unspecified atom stereocenters. The van der Waals surface area contributed by atoms with Crippen molar-refractivity contribution in [1.82, 2.24) is 0 Å². The first-order valence-corrected chi connectivity index (χ1v) is 11.1. The molecule has 0 amide bonds. The first kappa shape index (κ1) is 14.8. The number of unbranched alkanes of at least 4 members (excludes halogenated alkanes) is 1. The van der Waals surface area contributed by atoms with Crippen molar-refractivity contribution in [3.8, 4) is 0 Å². The van der Waals surface area contributed by atoms with Crippen molar-refractivity contribution < 1.29 is 4.74 Å². The smallest absolute Gasteiger partial charge is 0.0580 e. The maximum atomic E-state index is 6.03. The van der Waals surface area contributed by atoms with Crippen molar-refractivity contribution in [2.75, 3.05) is 6.61 Å². The average molecular weight is 276 g/mol. The molecule has 1 aliphatic heterocycles. The molecule has 2 atom stereocenters. The highest BCUT2D eigenvalue weighted by Gasteiger charge is 2.40. The second-order valence-corrected chi connectivity index (χ2v) is 11.7. The van der Waals surface area contributed by atoms with Gasteiger partial charge in [-0.15, -0.1) is 0 Å². The summed E-state index contributed by atoms with van der Waals surface area (Å²) >= 11 is 0. The zero-order valence-corrected chi connectivity index (χ0v) is 13.7. The van der Waals surface area contributed by atoms with Crippen molar-refractivity contribution in [3.05, 3.63) is 35.9 Å². The normalized spacial score (nSPS) is 23.7. The molecule has 2 rings (SSSR count). The van der Waals surface area contributed by atoms with Crippen molar-refractivity contribution in [2.45, 2.75) is 63.4 Å². The standard InChI is InChI=1S/C17H28OSi/c1-4-5-11-16-17(12-13-18-16)19(2,3)14-15-9-7-6-8-10-15/h6-10,16-17H,4-5,11-14H2,1-3H3/t16-,17-/m0/s1. The van der Waals surface area contributed by atoms with Crippen LogP contribution in [-0.2, 0) is 10.8 Å².